The molecule has 0 saturated carbocycles. The number of aryl methyl sites for hydroxylation is 1. The lowest BCUT2D eigenvalue weighted by Crippen LogP contribution is -2.54. The molecule has 5 amide bonds. The third-order valence-electron chi connectivity index (χ3n) is 5.56. The summed E-state index contributed by atoms with van der Waals surface area (Å²) in [6.45, 7) is 3.47. The molecule has 3 aromatic rings. The van der Waals surface area contributed by atoms with E-state index in [9.17, 15) is 19.2 Å². The van der Waals surface area contributed by atoms with Gasteiger partial charge in [-0.15, -0.1) is 0 Å². The number of hydrogen-bond acceptors (Lipinski definition) is 6. The van der Waals surface area contributed by atoms with E-state index < -0.39 is 23.8 Å². The first-order valence-corrected chi connectivity index (χ1v) is 12.5. The molecule has 0 atom stereocenters. The van der Waals surface area contributed by atoms with Crippen molar-refractivity contribution in [3.05, 3.63) is 87.4 Å². The lowest BCUT2D eigenvalue weighted by atomic mass is 10.1. The number of rotatable bonds is 8. The topological polar surface area (TPSA) is 114 Å². The summed E-state index contributed by atoms with van der Waals surface area (Å²) >= 11 is 12.6. The average molecular weight is 568 g/mol. The number of nitrogens with zero attached hydrogens (tertiary/aromatic N) is 1. The zero-order valence-electron chi connectivity index (χ0n) is 20.9. The van der Waals surface area contributed by atoms with E-state index in [4.69, 9.17) is 32.7 Å². The van der Waals surface area contributed by atoms with Gasteiger partial charge in [0.25, 0.3) is 17.7 Å². The van der Waals surface area contributed by atoms with E-state index in [0.717, 1.165) is 10.5 Å². The van der Waals surface area contributed by atoms with Gasteiger partial charge in [-0.1, -0.05) is 47.5 Å². The highest BCUT2D eigenvalue weighted by Crippen LogP contribution is 2.37. The minimum atomic E-state index is -0.851. The van der Waals surface area contributed by atoms with Gasteiger partial charge in [0, 0.05) is 10.7 Å². The maximum Gasteiger partial charge on any atom is 0.335 e. The van der Waals surface area contributed by atoms with Crippen LogP contribution in [0.15, 0.2) is 66.2 Å². The van der Waals surface area contributed by atoms with Crippen LogP contribution in [0.1, 0.15) is 18.1 Å². The molecule has 0 radical (unpaired) electrons. The van der Waals surface area contributed by atoms with Crippen LogP contribution in [0.5, 0.6) is 11.5 Å². The second kappa shape index (κ2) is 12.0. The van der Waals surface area contributed by atoms with Crippen LogP contribution in [-0.4, -0.2) is 37.0 Å². The third-order valence-corrected chi connectivity index (χ3v) is 6.25. The summed E-state index contributed by atoms with van der Waals surface area (Å²) in [6.07, 6.45) is 1.30. The Hall–Kier alpha value is -4.34. The number of barbiturate groups is 1. The van der Waals surface area contributed by atoms with E-state index in [0.29, 0.717) is 22.0 Å². The minimum Gasteiger partial charge on any atom is -0.490 e. The number of ether oxygens (including phenoxy) is 2. The van der Waals surface area contributed by atoms with E-state index >= 15 is 0 Å². The van der Waals surface area contributed by atoms with Crippen LogP contribution >= 0.6 is 23.2 Å². The molecule has 11 heteroatoms. The molecule has 200 valence electrons. The number of nitrogens with one attached hydrogen (secondary N) is 2. The minimum absolute atomic E-state index is 0.0821. The number of halogens is 2. The highest BCUT2D eigenvalue weighted by Gasteiger charge is 2.36. The molecule has 1 aliphatic heterocycles. The number of carbonyl (C=O) groups excluding carboxylic acids is 4. The molecule has 1 fully saturated rings. The molecule has 0 bridgehead atoms. The molecule has 3 aromatic carbocycles. The van der Waals surface area contributed by atoms with Gasteiger partial charge in [-0.2, -0.15) is 0 Å². The maximum absolute atomic E-state index is 13.1. The number of hydrogen-bond donors (Lipinski definition) is 2. The number of benzene rings is 3. The number of anilines is 2. The maximum atomic E-state index is 13.1. The van der Waals surface area contributed by atoms with Crippen LogP contribution in [0.4, 0.5) is 16.2 Å². The van der Waals surface area contributed by atoms with Gasteiger partial charge < -0.3 is 14.8 Å². The molecule has 1 heterocycles. The predicted octanol–water partition coefficient (Wildman–Crippen LogP) is 5.38. The van der Waals surface area contributed by atoms with Crippen LogP contribution < -0.4 is 25.0 Å². The Labute approximate surface area is 234 Å². The number of urea groups is 1. The summed E-state index contributed by atoms with van der Waals surface area (Å²) in [7, 11) is 0. The largest absolute Gasteiger partial charge is 0.490 e. The molecular weight excluding hydrogens is 545 g/mol. The van der Waals surface area contributed by atoms with Crippen LogP contribution in [-0.2, 0) is 14.4 Å². The normalized spacial score (nSPS) is 14.3. The molecule has 39 heavy (non-hydrogen) atoms. The Kier molecular flexibility index (Phi) is 8.53. The molecule has 0 aromatic heterocycles. The van der Waals surface area contributed by atoms with Crippen molar-refractivity contribution in [2.24, 2.45) is 0 Å². The van der Waals surface area contributed by atoms with Crippen molar-refractivity contribution >= 4 is 64.4 Å². The van der Waals surface area contributed by atoms with Gasteiger partial charge in [-0.3, -0.25) is 19.7 Å². The summed E-state index contributed by atoms with van der Waals surface area (Å²) < 4.78 is 11.3. The Morgan fingerprint density at radius 2 is 1.74 bits per heavy atom. The number of imide groups is 2. The van der Waals surface area contributed by atoms with Gasteiger partial charge in [0.1, 0.15) is 5.57 Å². The molecule has 0 aliphatic carbocycles. The Balaban J connectivity index is 1.56. The predicted molar refractivity (Wildman–Crippen MR) is 148 cm³/mol. The lowest BCUT2D eigenvalue weighted by molar-refractivity contribution is -0.122. The van der Waals surface area contributed by atoms with Crippen molar-refractivity contribution in [2.45, 2.75) is 13.8 Å². The average Bonchev–Trinajstić information content (AvgIpc) is 2.89. The van der Waals surface area contributed by atoms with Crippen LogP contribution in [0, 0.1) is 6.92 Å². The summed E-state index contributed by atoms with van der Waals surface area (Å²) in [4.78, 5) is 51.3. The number of amides is 5. The van der Waals surface area contributed by atoms with Gasteiger partial charge in [0.15, 0.2) is 18.1 Å². The summed E-state index contributed by atoms with van der Waals surface area (Å²) in [5.41, 5.74) is 1.76. The Morgan fingerprint density at radius 1 is 1.00 bits per heavy atom. The van der Waals surface area contributed by atoms with Crippen LogP contribution in [0.25, 0.3) is 6.08 Å². The second-order valence-corrected chi connectivity index (χ2v) is 9.17. The molecule has 2 N–H and O–H groups in total. The van der Waals surface area contributed by atoms with Gasteiger partial charge in [-0.05, 0) is 67.4 Å². The molecule has 1 saturated heterocycles. The highest BCUT2D eigenvalue weighted by molar-refractivity contribution is 6.39. The van der Waals surface area contributed by atoms with E-state index in [1.165, 1.54) is 18.2 Å². The van der Waals surface area contributed by atoms with Gasteiger partial charge in [0.2, 0.25) is 0 Å². The van der Waals surface area contributed by atoms with Crippen molar-refractivity contribution in [2.75, 3.05) is 23.4 Å². The van der Waals surface area contributed by atoms with Gasteiger partial charge in [-0.25, -0.2) is 9.69 Å². The molecule has 1 aliphatic rings. The van der Waals surface area contributed by atoms with E-state index in [2.05, 4.69) is 10.6 Å². The zero-order chi connectivity index (χ0) is 28.1. The van der Waals surface area contributed by atoms with Crippen molar-refractivity contribution in [3.63, 3.8) is 0 Å². The van der Waals surface area contributed by atoms with Gasteiger partial charge >= 0.3 is 6.03 Å². The van der Waals surface area contributed by atoms with Crippen molar-refractivity contribution < 1.29 is 28.7 Å². The van der Waals surface area contributed by atoms with Crippen molar-refractivity contribution in [1.82, 2.24) is 5.32 Å². The number of para-hydroxylation sites is 1. The summed E-state index contributed by atoms with van der Waals surface area (Å²) in [5, 5.41) is 5.46. The van der Waals surface area contributed by atoms with Crippen molar-refractivity contribution in [1.29, 1.82) is 0 Å². The van der Waals surface area contributed by atoms with E-state index in [1.807, 2.05) is 6.92 Å². The van der Waals surface area contributed by atoms with E-state index in [1.54, 1.807) is 55.5 Å². The zero-order valence-corrected chi connectivity index (χ0v) is 22.4. The quantitative estimate of drug-likeness (QED) is 0.279. The van der Waals surface area contributed by atoms with E-state index in [-0.39, 0.29) is 35.3 Å². The summed E-state index contributed by atoms with van der Waals surface area (Å²) in [6, 6.07) is 15.5. The van der Waals surface area contributed by atoms with Crippen molar-refractivity contribution in [3.8, 4) is 11.5 Å². The highest BCUT2D eigenvalue weighted by atomic mass is 35.5. The van der Waals surface area contributed by atoms with Crippen LogP contribution in [0.3, 0.4) is 0 Å². The monoisotopic (exact) mass is 567 g/mol. The van der Waals surface area contributed by atoms with Crippen LogP contribution in [0.2, 0.25) is 10.0 Å². The smallest absolute Gasteiger partial charge is 0.335 e. The lowest BCUT2D eigenvalue weighted by Gasteiger charge is -2.26. The second-order valence-electron chi connectivity index (χ2n) is 8.36. The standard InChI is InChI=1S/C28H23Cl2N3O6/c1-3-38-23-13-17(11-20-26(35)32-28(37)33(27(20)36)19-7-5-4-6-8-19)12-22(30)25(23)39-15-24(34)31-18-10-9-16(2)21(29)14-18/h4-14H,3,15H2,1-2H3,(H,31,34)(H,32,35,37)/b20-11-. The fourth-order valence-corrected chi connectivity index (χ4v) is 4.17. The number of carbonyl (C=O) groups is 4. The Morgan fingerprint density at radius 3 is 2.44 bits per heavy atom. The molecule has 0 spiro atoms. The molecule has 9 nitrogen and oxygen atoms in total. The Bertz CT molecular complexity index is 1490. The first-order chi connectivity index (χ1) is 18.7. The first kappa shape index (κ1) is 27.7. The fraction of sp³-hybridized carbons (Fsp3) is 0.143. The molecule has 0 unspecified atom stereocenters. The molecule has 4 rings (SSSR count). The third kappa shape index (κ3) is 6.39. The fourth-order valence-electron chi connectivity index (χ4n) is 3.72. The SMILES string of the molecule is CCOc1cc(/C=C2/C(=O)NC(=O)N(c3ccccc3)C2=O)cc(Cl)c1OCC(=O)Nc1ccc(C)c(Cl)c1. The van der Waals surface area contributed by atoms with Gasteiger partial charge in [0.05, 0.1) is 17.3 Å². The molecular formula is C28H23Cl2N3O6. The summed E-state index contributed by atoms with van der Waals surface area (Å²) in [5.74, 6) is -1.78. The first-order valence-electron chi connectivity index (χ1n) is 11.8.